The Morgan fingerprint density at radius 3 is 2.38 bits per heavy atom. The Kier molecular flexibility index (Phi) is 5.17. The van der Waals surface area contributed by atoms with Crippen molar-refractivity contribution in [1.82, 2.24) is 14.8 Å². The number of hydrogen-bond donors (Lipinski definition) is 0. The van der Waals surface area contributed by atoms with Crippen LogP contribution in [0, 0.1) is 5.41 Å². The van der Waals surface area contributed by atoms with Gasteiger partial charge in [0.1, 0.15) is 24.5 Å². The van der Waals surface area contributed by atoms with Gasteiger partial charge in [0, 0.05) is 7.11 Å². The largest absolute Gasteiger partial charge is 0.466 e. The Bertz CT molecular complexity index is 651. The van der Waals surface area contributed by atoms with Crippen molar-refractivity contribution in [3.05, 3.63) is 42.5 Å². The number of nitrogens with zero attached hydrogens (tertiary/aromatic N) is 3. The molecule has 1 aromatic heterocycles. The van der Waals surface area contributed by atoms with E-state index in [4.69, 9.17) is 9.47 Å². The van der Waals surface area contributed by atoms with Crippen LogP contribution < -0.4 is 4.74 Å². The molecule has 5 nitrogen and oxygen atoms in total. The molecule has 2 rings (SSSR count). The summed E-state index contributed by atoms with van der Waals surface area (Å²) in [5.41, 5.74) is -1.12. The van der Waals surface area contributed by atoms with Gasteiger partial charge >= 0.3 is 6.18 Å². The molecule has 0 saturated heterocycles. The van der Waals surface area contributed by atoms with E-state index >= 15 is 0 Å². The molecule has 0 aliphatic heterocycles. The van der Waals surface area contributed by atoms with E-state index in [1.807, 2.05) is 20.8 Å². The van der Waals surface area contributed by atoms with Gasteiger partial charge in [-0.25, -0.2) is 9.67 Å². The van der Waals surface area contributed by atoms with Crippen molar-refractivity contribution in [2.24, 2.45) is 5.41 Å². The highest BCUT2D eigenvalue weighted by molar-refractivity contribution is 5.30. The molecule has 8 heteroatoms. The Morgan fingerprint density at radius 2 is 1.88 bits per heavy atom. The van der Waals surface area contributed by atoms with Crippen LogP contribution in [0.25, 0.3) is 0 Å². The molecule has 0 radical (unpaired) electrons. The van der Waals surface area contributed by atoms with Gasteiger partial charge in [0.15, 0.2) is 0 Å². The minimum absolute atomic E-state index is 0.0802. The smallest absolute Gasteiger partial charge is 0.416 e. The third-order valence-corrected chi connectivity index (χ3v) is 3.48. The predicted molar refractivity (Wildman–Crippen MR) is 81.4 cm³/mol. The van der Waals surface area contributed by atoms with Crippen molar-refractivity contribution in [2.45, 2.75) is 39.3 Å². The van der Waals surface area contributed by atoms with Crippen LogP contribution in [0.15, 0.2) is 36.9 Å². The summed E-state index contributed by atoms with van der Waals surface area (Å²) in [6.07, 6.45) is -2.89. The summed E-state index contributed by atoms with van der Waals surface area (Å²) in [5.74, 6) is 0.0802. The van der Waals surface area contributed by atoms with Gasteiger partial charge in [-0.1, -0.05) is 26.8 Å². The lowest BCUT2D eigenvalue weighted by Gasteiger charge is -2.35. The van der Waals surface area contributed by atoms with Gasteiger partial charge in [-0.15, -0.1) is 0 Å². The second-order valence-corrected chi connectivity index (χ2v) is 6.43. The molecule has 0 fully saturated rings. The molecule has 0 aliphatic rings. The van der Waals surface area contributed by atoms with Crippen molar-refractivity contribution in [3.8, 4) is 5.75 Å². The Balaban J connectivity index is 2.36. The van der Waals surface area contributed by atoms with Crippen LogP contribution in [0.3, 0.4) is 0 Å². The summed E-state index contributed by atoms with van der Waals surface area (Å²) in [6.45, 7) is 5.84. The van der Waals surface area contributed by atoms with E-state index in [1.165, 1.54) is 36.6 Å². The average molecular weight is 343 g/mol. The highest BCUT2D eigenvalue weighted by atomic mass is 19.4. The van der Waals surface area contributed by atoms with Crippen LogP contribution in [-0.4, -0.2) is 28.0 Å². The van der Waals surface area contributed by atoms with Crippen LogP contribution in [0.4, 0.5) is 13.2 Å². The highest BCUT2D eigenvalue weighted by Gasteiger charge is 2.36. The standard InChI is InChI=1S/C16H20F3N3O2/c1-15(2,3)13(23-4)14(22-10-20-9-21-22)24-12-7-5-6-11(8-12)16(17,18)19/h5-10,13-14H,1-4H3. The van der Waals surface area contributed by atoms with Gasteiger partial charge in [-0.2, -0.15) is 18.3 Å². The molecule has 0 saturated carbocycles. The molecular formula is C16H20F3N3O2. The average Bonchev–Trinajstić information content (AvgIpc) is 2.99. The number of methoxy groups -OCH3 is 1. The number of aromatic nitrogens is 3. The first-order valence-corrected chi connectivity index (χ1v) is 7.34. The molecule has 132 valence electrons. The molecule has 0 bridgehead atoms. The summed E-state index contributed by atoms with van der Waals surface area (Å²) in [7, 11) is 1.52. The fourth-order valence-electron chi connectivity index (χ4n) is 2.39. The zero-order chi connectivity index (χ0) is 18.0. The molecule has 1 aromatic carbocycles. The lowest BCUT2D eigenvalue weighted by atomic mass is 9.88. The summed E-state index contributed by atoms with van der Waals surface area (Å²) in [5, 5.41) is 4.04. The lowest BCUT2D eigenvalue weighted by Crippen LogP contribution is -2.40. The van der Waals surface area contributed by atoms with Crippen molar-refractivity contribution < 1.29 is 22.6 Å². The zero-order valence-electron chi connectivity index (χ0n) is 13.9. The second-order valence-electron chi connectivity index (χ2n) is 6.43. The van der Waals surface area contributed by atoms with E-state index in [0.717, 1.165) is 12.1 Å². The quantitative estimate of drug-likeness (QED) is 0.825. The zero-order valence-corrected chi connectivity index (χ0v) is 13.9. The number of rotatable bonds is 5. The molecule has 0 aliphatic carbocycles. The van der Waals surface area contributed by atoms with Gasteiger partial charge in [0.05, 0.1) is 5.56 Å². The van der Waals surface area contributed by atoms with E-state index in [9.17, 15) is 13.2 Å². The van der Waals surface area contributed by atoms with Crippen LogP contribution >= 0.6 is 0 Å². The van der Waals surface area contributed by atoms with Crippen LogP contribution in [0.5, 0.6) is 5.75 Å². The van der Waals surface area contributed by atoms with E-state index in [0.29, 0.717) is 0 Å². The SMILES string of the molecule is COC(C(Oc1cccc(C(F)(F)F)c1)n1cncn1)C(C)(C)C. The number of hydrogen-bond acceptors (Lipinski definition) is 4. The lowest BCUT2D eigenvalue weighted by molar-refractivity contribution is -0.138. The van der Waals surface area contributed by atoms with Crippen LogP contribution in [-0.2, 0) is 10.9 Å². The number of alkyl halides is 3. The molecule has 0 N–H and O–H groups in total. The maximum atomic E-state index is 12.9. The highest BCUT2D eigenvalue weighted by Crippen LogP contribution is 2.35. The minimum Gasteiger partial charge on any atom is -0.466 e. The van der Waals surface area contributed by atoms with Gasteiger partial charge in [-0.05, 0) is 23.6 Å². The molecule has 1 heterocycles. The van der Waals surface area contributed by atoms with E-state index in [1.54, 1.807) is 0 Å². The Morgan fingerprint density at radius 1 is 1.17 bits per heavy atom. The van der Waals surface area contributed by atoms with E-state index in [-0.39, 0.29) is 11.2 Å². The normalized spacial score (nSPS) is 15.1. The molecule has 0 amide bonds. The van der Waals surface area contributed by atoms with Crippen LogP contribution in [0.1, 0.15) is 32.6 Å². The predicted octanol–water partition coefficient (Wildman–Crippen LogP) is 3.94. The number of halogens is 3. The van der Waals surface area contributed by atoms with Crippen molar-refractivity contribution in [3.63, 3.8) is 0 Å². The molecule has 2 unspecified atom stereocenters. The third kappa shape index (κ3) is 4.25. The molecule has 24 heavy (non-hydrogen) atoms. The summed E-state index contributed by atoms with van der Waals surface area (Å²) < 4.78 is 51.4. The maximum Gasteiger partial charge on any atom is 0.416 e. The summed E-state index contributed by atoms with van der Waals surface area (Å²) in [4.78, 5) is 3.88. The van der Waals surface area contributed by atoms with Crippen molar-refractivity contribution >= 4 is 0 Å². The topological polar surface area (TPSA) is 49.2 Å². The fraction of sp³-hybridized carbons (Fsp3) is 0.500. The van der Waals surface area contributed by atoms with Crippen molar-refractivity contribution in [1.29, 1.82) is 0 Å². The fourth-order valence-corrected chi connectivity index (χ4v) is 2.39. The van der Waals surface area contributed by atoms with Crippen LogP contribution in [0.2, 0.25) is 0 Å². The first-order chi connectivity index (χ1) is 11.1. The van der Waals surface area contributed by atoms with Gasteiger partial charge in [0.2, 0.25) is 6.23 Å². The van der Waals surface area contributed by atoms with Crippen molar-refractivity contribution in [2.75, 3.05) is 7.11 Å². The van der Waals surface area contributed by atoms with Gasteiger partial charge in [-0.3, -0.25) is 0 Å². The molecule has 2 aromatic rings. The molecular weight excluding hydrogens is 323 g/mol. The van der Waals surface area contributed by atoms with E-state index < -0.39 is 24.1 Å². The molecule has 2 atom stereocenters. The number of benzene rings is 1. The van der Waals surface area contributed by atoms with E-state index in [2.05, 4.69) is 10.1 Å². The summed E-state index contributed by atoms with van der Waals surface area (Å²) in [6, 6.07) is 4.72. The van der Waals surface area contributed by atoms with Gasteiger partial charge < -0.3 is 9.47 Å². The first-order valence-electron chi connectivity index (χ1n) is 7.34. The third-order valence-electron chi connectivity index (χ3n) is 3.48. The minimum atomic E-state index is -4.44. The number of ether oxygens (including phenoxy) is 2. The Labute approximate surface area is 138 Å². The molecule has 0 spiro atoms. The first kappa shape index (κ1) is 18.3. The maximum absolute atomic E-state index is 12.9. The second kappa shape index (κ2) is 6.80. The Hall–Kier alpha value is -2.09. The van der Waals surface area contributed by atoms with Gasteiger partial charge in [0.25, 0.3) is 0 Å². The monoisotopic (exact) mass is 343 g/mol. The summed E-state index contributed by atoms with van der Waals surface area (Å²) >= 11 is 0.